The van der Waals surface area contributed by atoms with Gasteiger partial charge in [0.25, 0.3) is 5.91 Å². The third-order valence-corrected chi connectivity index (χ3v) is 7.20. The Morgan fingerprint density at radius 3 is 2.42 bits per heavy atom. The Morgan fingerprint density at radius 1 is 1.10 bits per heavy atom. The first-order valence-corrected chi connectivity index (χ1v) is 13.7. The third-order valence-electron chi connectivity index (χ3n) is 6.11. The minimum atomic E-state index is -4.64. The number of amides is 1. The van der Waals surface area contributed by atoms with Gasteiger partial charge in [-0.2, -0.15) is 13.2 Å². The van der Waals surface area contributed by atoms with E-state index in [-0.39, 0.29) is 23.9 Å². The summed E-state index contributed by atoms with van der Waals surface area (Å²) in [6.45, 7) is -1.23. The average molecular weight is 660 g/mol. The largest absolute Gasteiger partial charge is 0.494 e. The van der Waals surface area contributed by atoms with E-state index in [1.165, 1.54) is 6.07 Å². The number of carbonyl (C=O) groups excluding carboxylic acids is 1. The van der Waals surface area contributed by atoms with Crippen LogP contribution in [0.2, 0.25) is 10.0 Å². The normalized spacial score (nSPS) is 18.7. The monoisotopic (exact) mass is 658 g/mol. The van der Waals surface area contributed by atoms with E-state index < -0.39 is 30.3 Å². The highest BCUT2D eigenvalue weighted by atomic mass is 79.9. The Balaban J connectivity index is 1.80. The second kappa shape index (κ2) is 12.8. The molecule has 0 fully saturated rings. The first-order chi connectivity index (χ1) is 19.0. The molecule has 1 aliphatic rings. The van der Waals surface area contributed by atoms with Crippen molar-refractivity contribution in [1.29, 1.82) is 0 Å². The summed E-state index contributed by atoms with van der Waals surface area (Å²) in [5.41, 5.74) is -0.386. The maximum atomic E-state index is 13.7. The molecule has 40 heavy (non-hydrogen) atoms. The van der Waals surface area contributed by atoms with Crippen LogP contribution in [0.25, 0.3) is 0 Å². The number of aliphatic hydroxyl groups excluding tert-OH is 1. The average Bonchev–Trinajstić information content (AvgIpc) is 3.29. The van der Waals surface area contributed by atoms with E-state index in [9.17, 15) is 18.0 Å². The van der Waals surface area contributed by atoms with Crippen molar-refractivity contribution < 1.29 is 32.5 Å². The smallest absolute Gasteiger partial charge is 0.405 e. The Kier molecular flexibility index (Phi) is 9.66. The number of halogens is 6. The van der Waals surface area contributed by atoms with Gasteiger partial charge < -0.3 is 19.9 Å². The molecular formula is C28H24BrCl2F3N2O4. The molecular weight excluding hydrogens is 636 g/mol. The van der Waals surface area contributed by atoms with Gasteiger partial charge in [-0.05, 0) is 54.1 Å². The van der Waals surface area contributed by atoms with Crippen LogP contribution >= 0.6 is 39.1 Å². The van der Waals surface area contributed by atoms with Crippen molar-refractivity contribution in [2.75, 3.05) is 19.8 Å². The van der Waals surface area contributed by atoms with Gasteiger partial charge in [0, 0.05) is 45.1 Å². The van der Waals surface area contributed by atoms with Crippen LogP contribution in [0.15, 0.2) is 76.2 Å². The van der Waals surface area contributed by atoms with Crippen LogP contribution in [0.1, 0.15) is 29.2 Å². The van der Waals surface area contributed by atoms with Gasteiger partial charge in [-0.3, -0.25) is 4.79 Å². The van der Waals surface area contributed by atoms with Crippen LogP contribution in [-0.4, -0.2) is 48.4 Å². The van der Waals surface area contributed by atoms with Crippen molar-refractivity contribution in [3.8, 4) is 5.75 Å². The van der Waals surface area contributed by atoms with Crippen molar-refractivity contribution in [2.24, 2.45) is 4.99 Å². The number of hydrogen-bond acceptors (Lipinski definition) is 5. The maximum Gasteiger partial charge on any atom is 0.405 e. The molecule has 1 heterocycles. The lowest BCUT2D eigenvalue weighted by atomic mass is 9.82. The fraction of sp³-hybridized carbons (Fsp3) is 0.286. The number of nitrogens with zero attached hydrogens (tertiary/aromatic N) is 1. The number of ether oxygens (including phenoxy) is 2. The van der Waals surface area contributed by atoms with Crippen molar-refractivity contribution in [2.45, 2.75) is 30.7 Å². The van der Waals surface area contributed by atoms with Gasteiger partial charge in [-0.15, -0.1) is 0 Å². The summed E-state index contributed by atoms with van der Waals surface area (Å²) in [4.78, 5) is 18.4. The Morgan fingerprint density at radius 2 is 1.80 bits per heavy atom. The van der Waals surface area contributed by atoms with E-state index in [0.29, 0.717) is 40.5 Å². The molecule has 4 rings (SSSR count). The van der Waals surface area contributed by atoms with E-state index in [0.717, 1.165) is 4.47 Å². The van der Waals surface area contributed by atoms with Crippen LogP contribution in [0.5, 0.6) is 5.75 Å². The van der Waals surface area contributed by atoms with Gasteiger partial charge in [0.1, 0.15) is 12.3 Å². The molecule has 6 nitrogen and oxygen atoms in total. The summed E-state index contributed by atoms with van der Waals surface area (Å²) in [7, 11) is 0. The summed E-state index contributed by atoms with van der Waals surface area (Å²) in [6, 6.07) is 18.3. The van der Waals surface area contributed by atoms with Crippen LogP contribution < -0.4 is 10.1 Å². The predicted octanol–water partition coefficient (Wildman–Crippen LogP) is 6.70. The molecule has 0 saturated heterocycles. The molecule has 1 amide bonds. The van der Waals surface area contributed by atoms with E-state index >= 15 is 0 Å². The zero-order valence-electron chi connectivity index (χ0n) is 20.9. The number of hydrogen-bond donors (Lipinski definition) is 2. The van der Waals surface area contributed by atoms with Crippen LogP contribution in [0.4, 0.5) is 13.2 Å². The Labute approximate surface area is 247 Å². The molecule has 2 atom stereocenters. The molecule has 3 aromatic rings. The molecule has 2 N–H and O–H groups in total. The molecule has 12 heteroatoms. The summed E-state index contributed by atoms with van der Waals surface area (Å²) < 4.78 is 52.1. The Hall–Kier alpha value is -2.79. The van der Waals surface area contributed by atoms with Crippen molar-refractivity contribution in [3.63, 3.8) is 0 Å². The van der Waals surface area contributed by atoms with Crippen molar-refractivity contribution in [3.05, 3.63) is 97.9 Å². The zero-order chi connectivity index (χ0) is 28.9. The summed E-state index contributed by atoms with van der Waals surface area (Å²) in [5.74, 6) is -0.378. The summed E-state index contributed by atoms with van der Waals surface area (Å²) in [5, 5.41) is 11.5. The maximum absolute atomic E-state index is 13.7. The fourth-order valence-corrected chi connectivity index (χ4v) is 4.99. The minimum absolute atomic E-state index is 0.00573. The lowest BCUT2D eigenvalue weighted by Crippen LogP contribution is -2.51. The molecule has 3 aromatic carbocycles. The first-order valence-electron chi connectivity index (χ1n) is 12.2. The Bertz CT molecular complexity index is 1370. The summed E-state index contributed by atoms with van der Waals surface area (Å²) >= 11 is 16.0. The third kappa shape index (κ3) is 7.28. The highest BCUT2D eigenvalue weighted by Crippen LogP contribution is 2.45. The van der Waals surface area contributed by atoms with E-state index in [4.69, 9.17) is 37.8 Å². The molecule has 0 aliphatic carbocycles. The molecule has 212 valence electrons. The van der Waals surface area contributed by atoms with Gasteiger partial charge >= 0.3 is 6.18 Å². The van der Waals surface area contributed by atoms with Gasteiger partial charge in [0.05, 0.1) is 6.61 Å². The molecule has 1 aliphatic heterocycles. The SMILES string of the molecule is O=C(NCC(F)(F)F)[C@]1(Cc2ccc(Br)cc2)N=C(c2ccc(OCCCO)cc2)O[C@@H]1c1ccc(Cl)cc1Cl. The van der Waals surface area contributed by atoms with Crippen molar-refractivity contribution in [1.82, 2.24) is 5.32 Å². The number of aliphatic imine (C=N–C) groups is 1. The second-order valence-corrected chi connectivity index (χ2v) is 10.8. The highest BCUT2D eigenvalue weighted by Gasteiger charge is 2.54. The zero-order valence-corrected chi connectivity index (χ0v) is 23.9. The van der Waals surface area contributed by atoms with E-state index in [1.54, 1.807) is 60.7 Å². The van der Waals surface area contributed by atoms with Crippen molar-refractivity contribution >= 4 is 50.9 Å². The molecule has 0 bridgehead atoms. The van der Waals surface area contributed by atoms with Gasteiger partial charge in [-0.25, -0.2) is 4.99 Å². The minimum Gasteiger partial charge on any atom is -0.494 e. The molecule has 0 saturated carbocycles. The lowest BCUT2D eigenvalue weighted by Gasteiger charge is -2.31. The number of nitrogens with one attached hydrogen (secondary N) is 1. The first kappa shape index (κ1) is 30.2. The number of benzene rings is 3. The van der Waals surface area contributed by atoms with Crippen LogP contribution in [0, 0.1) is 0 Å². The van der Waals surface area contributed by atoms with E-state index in [1.807, 2.05) is 5.32 Å². The molecule has 0 aromatic heterocycles. The highest BCUT2D eigenvalue weighted by molar-refractivity contribution is 9.10. The lowest BCUT2D eigenvalue weighted by molar-refractivity contribution is -0.143. The fourth-order valence-electron chi connectivity index (χ4n) is 4.22. The van der Waals surface area contributed by atoms with E-state index in [2.05, 4.69) is 20.9 Å². The van der Waals surface area contributed by atoms with Gasteiger partial charge in [-0.1, -0.05) is 57.3 Å². The van der Waals surface area contributed by atoms with Crippen LogP contribution in [0.3, 0.4) is 0 Å². The van der Waals surface area contributed by atoms with Crippen LogP contribution in [-0.2, 0) is 16.0 Å². The number of aliphatic hydroxyl groups is 1. The topological polar surface area (TPSA) is 80.2 Å². The molecule has 0 unspecified atom stereocenters. The number of carbonyl (C=O) groups is 1. The molecule has 0 spiro atoms. The molecule has 0 radical (unpaired) electrons. The van der Waals surface area contributed by atoms with Gasteiger partial charge in [0.15, 0.2) is 11.6 Å². The quantitative estimate of drug-likeness (QED) is 0.238. The second-order valence-electron chi connectivity index (χ2n) is 9.06. The number of rotatable bonds is 10. The predicted molar refractivity (Wildman–Crippen MR) is 150 cm³/mol. The summed E-state index contributed by atoms with van der Waals surface area (Å²) in [6.07, 6.45) is -5.43. The van der Waals surface area contributed by atoms with Gasteiger partial charge in [0.2, 0.25) is 5.90 Å². The standard InChI is InChI=1S/C28H24BrCl2F3N2O4/c29-19-6-2-17(3-7-19)15-27(26(38)35-16-28(32,33)34)24(22-11-8-20(30)14-23(22)31)40-25(36-27)18-4-9-21(10-5-18)39-13-1-12-37/h2-11,14,24,37H,1,12-13,15-16H2,(H,35,38)/t24-,27-/m1/s1. The number of alkyl halides is 3.